The molecular formula is C16H12F2N4O. The van der Waals surface area contributed by atoms with Crippen LogP contribution in [0.1, 0.15) is 15.9 Å². The smallest absolute Gasteiger partial charge is 0.204 e. The minimum absolute atomic E-state index is 0.0538. The van der Waals surface area contributed by atoms with Crippen LogP contribution in [0.3, 0.4) is 0 Å². The van der Waals surface area contributed by atoms with E-state index in [9.17, 15) is 13.6 Å². The lowest BCUT2D eigenvalue weighted by Crippen LogP contribution is -2.13. The molecule has 2 aromatic carbocycles. The Bertz CT molecular complexity index is 859. The van der Waals surface area contributed by atoms with E-state index < -0.39 is 17.4 Å². The van der Waals surface area contributed by atoms with Crippen molar-refractivity contribution in [2.45, 2.75) is 13.5 Å². The predicted molar refractivity (Wildman–Crippen MR) is 78.7 cm³/mol. The number of Topliss-reactive ketones (excluding diaryl/α,β-unsaturated/α-hetero) is 1. The van der Waals surface area contributed by atoms with Crippen molar-refractivity contribution in [3.63, 3.8) is 0 Å². The number of tetrazole rings is 1. The SMILES string of the molecule is Cc1ccc(-c2nnn(CC(=O)c3ccc(F)c(F)c3)n2)cc1. The lowest BCUT2D eigenvalue weighted by atomic mass is 10.1. The Balaban J connectivity index is 1.77. The highest BCUT2D eigenvalue weighted by atomic mass is 19.2. The van der Waals surface area contributed by atoms with Gasteiger partial charge in [0, 0.05) is 11.1 Å². The quantitative estimate of drug-likeness (QED) is 0.695. The lowest BCUT2D eigenvalue weighted by molar-refractivity contribution is 0.0961. The van der Waals surface area contributed by atoms with Crippen LogP contribution < -0.4 is 0 Å². The Morgan fingerprint density at radius 2 is 1.83 bits per heavy atom. The summed E-state index contributed by atoms with van der Waals surface area (Å²) in [4.78, 5) is 13.2. The molecule has 0 unspecified atom stereocenters. The van der Waals surface area contributed by atoms with Gasteiger partial charge in [0.15, 0.2) is 17.4 Å². The van der Waals surface area contributed by atoms with Gasteiger partial charge in [-0.3, -0.25) is 4.79 Å². The van der Waals surface area contributed by atoms with Crippen LogP contribution in [0.25, 0.3) is 11.4 Å². The molecule has 0 amide bonds. The van der Waals surface area contributed by atoms with E-state index in [1.54, 1.807) is 0 Å². The number of carbonyl (C=O) groups excluding carboxylic acids is 1. The van der Waals surface area contributed by atoms with Gasteiger partial charge >= 0.3 is 0 Å². The summed E-state index contributed by atoms with van der Waals surface area (Å²) in [7, 11) is 0. The molecule has 1 heterocycles. The van der Waals surface area contributed by atoms with Crippen LogP contribution in [0, 0.1) is 18.6 Å². The summed E-state index contributed by atoms with van der Waals surface area (Å²) in [5, 5.41) is 11.8. The molecule has 0 aliphatic carbocycles. The first-order valence-electron chi connectivity index (χ1n) is 6.86. The number of aromatic nitrogens is 4. The van der Waals surface area contributed by atoms with E-state index in [2.05, 4.69) is 15.4 Å². The predicted octanol–water partition coefficient (Wildman–Crippen LogP) is 2.81. The van der Waals surface area contributed by atoms with Crippen LogP contribution in [-0.4, -0.2) is 26.0 Å². The van der Waals surface area contributed by atoms with Crippen molar-refractivity contribution in [1.82, 2.24) is 20.2 Å². The summed E-state index contributed by atoms with van der Waals surface area (Å²) < 4.78 is 26.0. The van der Waals surface area contributed by atoms with Crippen molar-refractivity contribution in [1.29, 1.82) is 0 Å². The van der Waals surface area contributed by atoms with Gasteiger partial charge in [0.2, 0.25) is 5.82 Å². The molecule has 5 nitrogen and oxygen atoms in total. The van der Waals surface area contributed by atoms with Gasteiger partial charge in [0.1, 0.15) is 6.54 Å². The molecule has 0 radical (unpaired) electrons. The molecular weight excluding hydrogens is 302 g/mol. The molecule has 0 N–H and O–H groups in total. The highest BCUT2D eigenvalue weighted by Gasteiger charge is 2.13. The number of benzene rings is 2. The molecule has 0 saturated carbocycles. The van der Waals surface area contributed by atoms with Gasteiger partial charge in [0.05, 0.1) is 0 Å². The van der Waals surface area contributed by atoms with Crippen molar-refractivity contribution in [3.05, 3.63) is 65.2 Å². The number of rotatable bonds is 4. The number of ketones is 1. The molecule has 3 rings (SSSR count). The molecule has 0 fully saturated rings. The average molecular weight is 314 g/mol. The second-order valence-electron chi connectivity index (χ2n) is 5.06. The van der Waals surface area contributed by atoms with Gasteiger partial charge in [-0.1, -0.05) is 29.8 Å². The van der Waals surface area contributed by atoms with Crippen molar-refractivity contribution in [2.24, 2.45) is 0 Å². The molecule has 0 aliphatic heterocycles. The molecule has 116 valence electrons. The zero-order valence-corrected chi connectivity index (χ0v) is 12.2. The van der Waals surface area contributed by atoms with Gasteiger partial charge < -0.3 is 0 Å². The first-order valence-corrected chi connectivity index (χ1v) is 6.86. The Morgan fingerprint density at radius 1 is 1.09 bits per heavy atom. The number of carbonyl (C=O) groups is 1. The molecule has 3 aromatic rings. The van der Waals surface area contributed by atoms with Crippen molar-refractivity contribution in [2.75, 3.05) is 0 Å². The van der Waals surface area contributed by atoms with Gasteiger partial charge in [0.25, 0.3) is 0 Å². The van der Waals surface area contributed by atoms with Crippen LogP contribution in [-0.2, 0) is 6.54 Å². The highest BCUT2D eigenvalue weighted by Crippen LogP contribution is 2.14. The minimum atomic E-state index is -1.07. The van der Waals surface area contributed by atoms with E-state index in [0.29, 0.717) is 5.82 Å². The third-order valence-corrected chi connectivity index (χ3v) is 3.29. The van der Waals surface area contributed by atoms with Crippen LogP contribution in [0.5, 0.6) is 0 Å². The van der Waals surface area contributed by atoms with Crippen molar-refractivity contribution in [3.8, 4) is 11.4 Å². The first-order chi connectivity index (χ1) is 11.0. The van der Waals surface area contributed by atoms with Gasteiger partial charge in [-0.2, -0.15) is 4.80 Å². The van der Waals surface area contributed by atoms with Crippen LogP contribution >= 0.6 is 0 Å². The number of hydrogen-bond donors (Lipinski definition) is 0. The fourth-order valence-corrected chi connectivity index (χ4v) is 2.02. The zero-order valence-electron chi connectivity index (χ0n) is 12.2. The van der Waals surface area contributed by atoms with Gasteiger partial charge in [-0.15, -0.1) is 10.2 Å². The third-order valence-electron chi connectivity index (χ3n) is 3.29. The maximum Gasteiger partial charge on any atom is 0.204 e. The standard InChI is InChI=1S/C16H12F2N4O/c1-10-2-4-11(5-3-10)16-19-21-22(20-16)9-15(23)12-6-7-13(17)14(18)8-12/h2-8H,9H2,1H3. The van der Waals surface area contributed by atoms with Crippen LogP contribution in [0.2, 0.25) is 0 Å². The van der Waals surface area contributed by atoms with Crippen molar-refractivity contribution >= 4 is 5.78 Å². The van der Waals surface area contributed by atoms with Gasteiger partial charge in [-0.05, 0) is 30.3 Å². The fraction of sp³-hybridized carbons (Fsp3) is 0.125. The second kappa shape index (κ2) is 6.04. The van der Waals surface area contributed by atoms with E-state index in [1.807, 2.05) is 31.2 Å². The summed E-state index contributed by atoms with van der Waals surface area (Å²) in [6.07, 6.45) is 0. The molecule has 0 bridgehead atoms. The number of nitrogens with zero attached hydrogens (tertiary/aromatic N) is 4. The zero-order chi connectivity index (χ0) is 16.4. The maximum absolute atomic E-state index is 13.2. The van der Waals surface area contributed by atoms with Crippen LogP contribution in [0.4, 0.5) is 8.78 Å². The molecule has 0 aliphatic rings. The summed E-state index contributed by atoms with van der Waals surface area (Å²) in [6.45, 7) is 1.76. The number of halogens is 2. The topological polar surface area (TPSA) is 60.7 Å². The summed E-state index contributed by atoms with van der Waals surface area (Å²) in [5.74, 6) is -2.11. The normalized spacial score (nSPS) is 10.7. The molecule has 23 heavy (non-hydrogen) atoms. The largest absolute Gasteiger partial charge is 0.292 e. The summed E-state index contributed by atoms with van der Waals surface area (Å²) in [6, 6.07) is 10.5. The lowest BCUT2D eigenvalue weighted by Gasteiger charge is -2.00. The molecule has 0 saturated heterocycles. The molecule has 0 atom stereocenters. The average Bonchev–Trinajstić information content (AvgIpc) is 2.99. The van der Waals surface area contributed by atoms with E-state index in [-0.39, 0.29) is 12.1 Å². The summed E-state index contributed by atoms with van der Waals surface area (Å²) >= 11 is 0. The Labute approximate surface area is 130 Å². The first kappa shape index (κ1) is 15.0. The summed E-state index contributed by atoms with van der Waals surface area (Å²) in [5.41, 5.74) is 1.94. The fourth-order valence-electron chi connectivity index (χ4n) is 2.02. The maximum atomic E-state index is 13.2. The molecule has 0 spiro atoms. The van der Waals surface area contributed by atoms with E-state index in [0.717, 1.165) is 28.1 Å². The molecule has 1 aromatic heterocycles. The number of hydrogen-bond acceptors (Lipinski definition) is 4. The highest BCUT2D eigenvalue weighted by molar-refractivity contribution is 5.95. The Morgan fingerprint density at radius 3 is 2.52 bits per heavy atom. The second-order valence-corrected chi connectivity index (χ2v) is 5.06. The number of aryl methyl sites for hydroxylation is 1. The van der Waals surface area contributed by atoms with E-state index in [1.165, 1.54) is 6.07 Å². The monoisotopic (exact) mass is 314 g/mol. The van der Waals surface area contributed by atoms with Gasteiger partial charge in [-0.25, -0.2) is 8.78 Å². The Hall–Kier alpha value is -2.96. The van der Waals surface area contributed by atoms with Crippen LogP contribution in [0.15, 0.2) is 42.5 Å². The van der Waals surface area contributed by atoms with E-state index >= 15 is 0 Å². The Kier molecular flexibility index (Phi) is 3.92. The molecule has 7 heteroatoms. The minimum Gasteiger partial charge on any atom is -0.292 e. The van der Waals surface area contributed by atoms with E-state index in [4.69, 9.17) is 0 Å². The third kappa shape index (κ3) is 3.28. The van der Waals surface area contributed by atoms with Crippen molar-refractivity contribution < 1.29 is 13.6 Å².